The van der Waals surface area contributed by atoms with Crippen LogP contribution in [0.2, 0.25) is 0 Å². The summed E-state index contributed by atoms with van der Waals surface area (Å²) in [5, 5.41) is 0. The molecule has 0 bridgehead atoms. The Hall–Kier alpha value is -0.810. The van der Waals surface area contributed by atoms with Crippen molar-refractivity contribution in [1.29, 1.82) is 0 Å². The first-order chi connectivity index (χ1) is 7.61. The zero-order valence-corrected chi connectivity index (χ0v) is 11.2. The zero-order valence-electron chi connectivity index (χ0n) is 9.65. The monoisotopic (exact) mass is 284 g/mol. The Balaban J connectivity index is 2.01. The number of likely N-dealkylation sites (N-methyl/N-ethyl adjacent to an activating group) is 1. The number of hydrogen-bond donors (Lipinski definition) is 1. The number of halogens is 1. The standard InChI is InChI=1S/C11H17BrN4/c1-3-15(2)9-6-16(7-9)11-10(13)4-8(12)5-14-11/h4-5,9H,3,6-7,13H2,1-2H3. The van der Waals surface area contributed by atoms with Crippen LogP contribution in [0.15, 0.2) is 16.7 Å². The van der Waals surface area contributed by atoms with Gasteiger partial charge in [-0.2, -0.15) is 0 Å². The third-order valence-corrected chi connectivity index (χ3v) is 3.58. The second-order valence-electron chi connectivity index (χ2n) is 4.20. The van der Waals surface area contributed by atoms with Crippen LogP contribution >= 0.6 is 15.9 Å². The molecule has 88 valence electrons. The van der Waals surface area contributed by atoms with E-state index in [1.165, 1.54) is 0 Å². The van der Waals surface area contributed by atoms with Crippen LogP contribution in [-0.2, 0) is 0 Å². The maximum absolute atomic E-state index is 5.94. The molecule has 1 aromatic heterocycles. The van der Waals surface area contributed by atoms with Gasteiger partial charge in [0.05, 0.1) is 5.69 Å². The number of nitrogen functional groups attached to an aromatic ring is 1. The van der Waals surface area contributed by atoms with Gasteiger partial charge in [-0.25, -0.2) is 4.98 Å². The highest BCUT2D eigenvalue weighted by atomic mass is 79.9. The Morgan fingerprint density at radius 3 is 2.88 bits per heavy atom. The molecule has 0 saturated carbocycles. The Bertz CT molecular complexity index is 376. The number of nitrogens with two attached hydrogens (primary N) is 1. The van der Waals surface area contributed by atoms with Crippen molar-refractivity contribution in [3.63, 3.8) is 0 Å². The molecular weight excluding hydrogens is 268 g/mol. The number of nitrogens with zero attached hydrogens (tertiary/aromatic N) is 3. The molecule has 1 saturated heterocycles. The zero-order chi connectivity index (χ0) is 11.7. The SMILES string of the molecule is CCN(C)C1CN(c2ncc(Br)cc2N)C1. The van der Waals surface area contributed by atoms with Crippen molar-refractivity contribution in [2.24, 2.45) is 0 Å². The summed E-state index contributed by atoms with van der Waals surface area (Å²) in [6.45, 7) is 5.29. The van der Waals surface area contributed by atoms with Crippen LogP contribution in [-0.4, -0.2) is 42.6 Å². The summed E-state index contributed by atoms with van der Waals surface area (Å²) in [5.41, 5.74) is 6.68. The van der Waals surface area contributed by atoms with Crippen LogP contribution in [0.3, 0.4) is 0 Å². The highest BCUT2D eigenvalue weighted by Crippen LogP contribution is 2.28. The third-order valence-electron chi connectivity index (χ3n) is 3.15. The molecule has 1 aliphatic rings. The van der Waals surface area contributed by atoms with Gasteiger partial charge >= 0.3 is 0 Å². The van der Waals surface area contributed by atoms with Gasteiger partial charge in [-0.15, -0.1) is 0 Å². The van der Waals surface area contributed by atoms with Gasteiger partial charge in [-0.05, 0) is 35.6 Å². The van der Waals surface area contributed by atoms with Gasteiger partial charge in [0, 0.05) is 29.8 Å². The summed E-state index contributed by atoms with van der Waals surface area (Å²) in [6.07, 6.45) is 1.79. The molecular formula is C11H17BrN4. The van der Waals surface area contributed by atoms with Gasteiger partial charge in [0.25, 0.3) is 0 Å². The molecule has 1 aliphatic heterocycles. The second-order valence-corrected chi connectivity index (χ2v) is 5.11. The highest BCUT2D eigenvalue weighted by molar-refractivity contribution is 9.10. The van der Waals surface area contributed by atoms with Crippen molar-refractivity contribution in [1.82, 2.24) is 9.88 Å². The van der Waals surface area contributed by atoms with Crippen molar-refractivity contribution in [3.05, 3.63) is 16.7 Å². The minimum atomic E-state index is 0.634. The fourth-order valence-corrected chi connectivity index (χ4v) is 2.23. The molecule has 2 N–H and O–H groups in total. The molecule has 5 heteroatoms. The van der Waals surface area contributed by atoms with Crippen LogP contribution in [0.25, 0.3) is 0 Å². The van der Waals surface area contributed by atoms with Gasteiger partial charge in [-0.1, -0.05) is 6.92 Å². The Labute approximate surface area is 105 Å². The van der Waals surface area contributed by atoms with Crippen LogP contribution < -0.4 is 10.6 Å². The van der Waals surface area contributed by atoms with Crippen LogP contribution in [0.1, 0.15) is 6.92 Å². The highest BCUT2D eigenvalue weighted by Gasteiger charge is 2.31. The molecule has 16 heavy (non-hydrogen) atoms. The third kappa shape index (κ3) is 2.15. The lowest BCUT2D eigenvalue weighted by Gasteiger charge is -2.44. The van der Waals surface area contributed by atoms with E-state index in [0.717, 1.165) is 35.6 Å². The largest absolute Gasteiger partial charge is 0.396 e. The number of rotatable bonds is 3. The van der Waals surface area contributed by atoms with E-state index in [0.29, 0.717) is 6.04 Å². The summed E-state index contributed by atoms with van der Waals surface area (Å²) in [4.78, 5) is 8.93. The summed E-state index contributed by atoms with van der Waals surface area (Å²) in [6, 6.07) is 2.54. The Morgan fingerprint density at radius 2 is 2.31 bits per heavy atom. The fourth-order valence-electron chi connectivity index (χ4n) is 1.88. The molecule has 0 spiro atoms. The molecule has 0 aromatic carbocycles. The molecule has 1 aromatic rings. The molecule has 0 amide bonds. The molecule has 1 fully saturated rings. The topological polar surface area (TPSA) is 45.4 Å². The van der Waals surface area contributed by atoms with E-state index < -0.39 is 0 Å². The Kier molecular flexibility index (Phi) is 3.35. The van der Waals surface area contributed by atoms with Crippen molar-refractivity contribution < 1.29 is 0 Å². The summed E-state index contributed by atoms with van der Waals surface area (Å²) in [5.74, 6) is 0.906. The van der Waals surface area contributed by atoms with E-state index in [1.807, 2.05) is 6.07 Å². The van der Waals surface area contributed by atoms with Gasteiger partial charge in [0.15, 0.2) is 5.82 Å². The smallest absolute Gasteiger partial charge is 0.151 e. The van der Waals surface area contributed by atoms with Crippen LogP contribution in [0, 0.1) is 0 Å². The van der Waals surface area contributed by atoms with Crippen LogP contribution in [0.4, 0.5) is 11.5 Å². The maximum atomic E-state index is 5.94. The van der Waals surface area contributed by atoms with Crippen molar-refractivity contribution >= 4 is 27.4 Å². The average molecular weight is 285 g/mol. The van der Waals surface area contributed by atoms with Gasteiger partial charge in [-0.3, -0.25) is 0 Å². The quantitative estimate of drug-likeness (QED) is 0.915. The first-order valence-corrected chi connectivity index (χ1v) is 6.27. The lowest BCUT2D eigenvalue weighted by Crippen LogP contribution is -2.58. The summed E-state index contributed by atoms with van der Waals surface area (Å²) in [7, 11) is 2.15. The van der Waals surface area contributed by atoms with E-state index in [4.69, 9.17) is 5.73 Å². The number of hydrogen-bond acceptors (Lipinski definition) is 4. The van der Waals surface area contributed by atoms with Crippen molar-refractivity contribution in [3.8, 4) is 0 Å². The fraction of sp³-hybridized carbons (Fsp3) is 0.545. The van der Waals surface area contributed by atoms with E-state index in [2.05, 4.69) is 44.7 Å². The minimum absolute atomic E-state index is 0.634. The molecule has 2 rings (SSSR count). The van der Waals surface area contributed by atoms with Gasteiger partial charge in [0.2, 0.25) is 0 Å². The van der Waals surface area contributed by atoms with E-state index in [-0.39, 0.29) is 0 Å². The average Bonchev–Trinajstić information content (AvgIpc) is 2.18. The van der Waals surface area contributed by atoms with Gasteiger partial charge < -0.3 is 15.5 Å². The van der Waals surface area contributed by atoms with E-state index >= 15 is 0 Å². The predicted octanol–water partition coefficient (Wildman–Crippen LogP) is 1.57. The van der Waals surface area contributed by atoms with E-state index in [9.17, 15) is 0 Å². The molecule has 2 heterocycles. The van der Waals surface area contributed by atoms with Crippen LogP contribution in [0.5, 0.6) is 0 Å². The minimum Gasteiger partial charge on any atom is -0.396 e. The maximum Gasteiger partial charge on any atom is 0.151 e. The number of anilines is 2. The predicted molar refractivity (Wildman–Crippen MR) is 70.7 cm³/mol. The summed E-state index contributed by atoms with van der Waals surface area (Å²) >= 11 is 3.36. The Morgan fingerprint density at radius 1 is 1.62 bits per heavy atom. The summed E-state index contributed by atoms with van der Waals surface area (Å²) < 4.78 is 0.927. The van der Waals surface area contributed by atoms with E-state index in [1.54, 1.807) is 6.20 Å². The molecule has 0 atom stereocenters. The van der Waals surface area contributed by atoms with Crippen molar-refractivity contribution in [2.45, 2.75) is 13.0 Å². The molecule has 0 radical (unpaired) electrons. The molecule has 4 nitrogen and oxygen atoms in total. The number of aromatic nitrogens is 1. The second kappa shape index (κ2) is 4.59. The number of pyridine rings is 1. The first-order valence-electron chi connectivity index (χ1n) is 5.48. The normalized spacial score (nSPS) is 16.6. The lowest BCUT2D eigenvalue weighted by atomic mass is 10.1. The molecule has 0 aliphatic carbocycles. The first kappa shape index (κ1) is 11.7. The van der Waals surface area contributed by atoms with Crippen molar-refractivity contribution in [2.75, 3.05) is 37.3 Å². The van der Waals surface area contributed by atoms with Gasteiger partial charge in [0.1, 0.15) is 0 Å². The molecule has 0 unspecified atom stereocenters. The lowest BCUT2D eigenvalue weighted by molar-refractivity contribution is 0.214.